The van der Waals surface area contributed by atoms with E-state index in [2.05, 4.69) is 10.3 Å². The maximum absolute atomic E-state index is 13.1. The number of hydrogen-bond acceptors (Lipinski definition) is 4. The monoisotopic (exact) mass is 354 g/mol. The van der Waals surface area contributed by atoms with Crippen LogP contribution in [0.2, 0.25) is 0 Å². The molecule has 0 bridgehead atoms. The summed E-state index contributed by atoms with van der Waals surface area (Å²) in [6.07, 6.45) is 3.14. The molecule has 0 radical (unpaired) electrons. The number of carbonyl (C=O) groups is 2. The highest BCUT2D eigenvalue weighted by molar-refractivity contribution is 7.13. The molecule has 0 saturated carbocycles. The fourth-order valence-electron chi connectivity index (χ4n) is 3.40. The number of aromatic nitrogens is 2. The van der Waals surface area contributed by atoms with E-state index in [4.69, 9.17) is 0 Å². The lowest BCUT2D eigenvalue weighted by Gasteiger charge is -2.23. The summed E-state index contributed by atoms with van der Waals surface area (Å²) in [6.45, 7) is 0.594. The van der Waals surface area contributed by atoms with Gasteiger partial charge in [-0.05, 0) is 25.0 Å². The Hall–Kier alpha value is -2.67. The van der Waals surface area contributed by atoms with E-state index >= 15 is 0 Å². The normalized spacial score (nSPS) is 17.2. The van der Waals surface area contributed by atoms with Crippen LogP contribution in [0.15, 0.2) is 41.9 Å². The number of amides is 2. The van der Waals surface area contributed by atoms with E-state index in [1.54, 1.807) is 11.1 Å². The standard InChI is InChI=1S/C18H18N4O2S/c1-21-13-6-3-2-5-12(13)11-15(21)17(24)22-9-4-7-14(22)16(23)20-18-19-8-10-25-18/h2-3,5-6,8,10-11,14H,4,7,9H2,1H3,(H,19,20,23)/t14-/m1/s1. The van der Waals surface area contributed by atoms with Gasteiger partial charge in [-0.15, -0.1) is 11.3 Å². The van der Waals surface area contributed by atoms with Gasteiger partial charge in [-0.1, -0.05) is 18.2 Å². The Morgan fingerprint density at radius 3 is 2.92 bits per heavy atom. The van der Waals surface area contributed by atoms with Crippen molar-refractivity contribution >= 4 is 39.2 Å². The fourth-order valence-corrected chi connectivity index (χ4v) is 3.93. The molecule has 25 heavy (non-hydrogen) atoms. The van der Waals surface area contributed by atoms with Crippen LogP contribution in [0.5, 0.6) is 0 Å². The van der Waals surface area contributed by atoms with Crippen molar-refractivity contribution < 1.29 is 9.59 Å². The first-order valence-electron chi connectivity index (χ1n) is 8.21. The number of carbonyl (C=O) groups excluding carboxylic acids is 2. The van der Waals surface area contributed by atoms with E-state index in [0.717, 1.165) is 17.3 Å². The number of hydrogen-bond donors (Lipinski definition) is 1. The molecule has 128 valence electrons. The largest absolute Gasteiger partial charge is 0.340 e. The summed E-state index contributed by atoms with van der Waals surface area (Å²) >= 11 is 1.37. The van der Waals surface area contributed by atoms with Crippen LogP contribution in [0, 0.1) is 0 Å². The molecule has 1 saturated heterocycles. The summed E-state index contributed by atoms with van der Waals surface area (Å²) in [5.41, 5.74) is 1.61. The quantitative estimate of drug-likeness (QED) is 0.786. The Morgan fingerprint density at radius 2 is 2.16 bits per heavy atom. The molecule has 1 fully saturated rings. The summed E-state index contributed by atoms with van der Waals surface area (Å²) in [4.78, 5) is 31.4. The van der Waals surface area contributed by atoms with Crippen molar-refractivity contribution in [2.75, 3.05) is 11.9 Å². The molecular formula is C18H18N4O2S. The Kier molecular flexibility index (Phi) is 4.01. The second-order valence-corrected chi connectivity index (χ2v) is 7.03. The number of nitrogens with one attached hydrogen (secondary N) is 1. The van der Waals surface area contributed by atoms with Crippen molar-refractivity contribution in [1.29, 1.82) is 0 Å². The van der Waals surface area contributed by atoms with Crippen molar-refractivity contribution in [2.24, 2.45) is 7.05 Å². The number of fused-ring (bicyclic) bond motifs is 1. The van der Waals surface area contributed by atoms with Crippen molar-refractivity contribution in [3.05, 3.63) is 47.6 Å². The van der Waals surface area contributed by atoms with Crippen LogP contribution in [0.1, 0.15) is 23.3 Å². The Balaban J connectivity index is 1.59. The number of likely N-dealkylation sites (tertiary alicyclic amines) is 1. The average molecular weight is 354 g/mol. The minimum absolute atomic E-state index is 0.101. The molecule has 0 unspecified atom stereocenters. The minimum atomic E-state index is -0.450. The van der Waals surface area contributed by atoms with E-state index < -0.39 is 6.04 Å². The van der Waals surface area contributed by atoms with Crippen molar-refractivity contribution in [3.8, 4) is 0 Å². The van der Waals surface area contributed by atoms with E-state index in [-0.39, 0.29) is 11.8 Å². The minimum Gasteiger partial charge on any atom is -0.340 e. The van der Waals surface area contributed by atoms with Gasteiger partial charge in [0.05, 0.1) is 0 Å². The molecule has 1 N–H and O–H groups in total. The summed E-state index contributed by atoms with van der Waals surface area (Å²) in [5, 5.41) is 6.21. The van der Waals surface area contributed by atoms with Gasteiger partial charge < -0.3 is 14.8 Å². The highest BCUT2D eigenvalue weighted by Crippen LogP contribution is 2.25. The Morgan fingerprint density at radius 1 is 1.32 bits per heavy atom. The van der Waals surface area contributed by atoms with Crippen molar-refractivity contribution in [3.63, 3.8) is 0 Å². The highest BCUT2D eigenvalue weighted by atomic mass is 32.1. The molecule has 2 amide bonds. The van der Waals surface area contributed by atoms with Gasteiger partial charge in [0.15, 0.2) is 5.13 Å². The zero-order valence-corrected chi connectivity index (χ0v) is 14.6. The van der Waals surface area contributed by atoms with Gasteiger partial charge in [-0.25, -0.2) is 4.98 Å². The third kappa shape index (κ3) is 2.80. The maximum Gasteiger partial charge on any atom is 0.271 e. The number of rotatable bonds is 3. The summed E-state index contributed by atoms with van der Waals surface area (Å²) in [7, 11) is 1.89. The number of benzene rings is 1. The van der Waals surface area contributed by atoms with Crippen LogP contribution in [0.4, 0.5) is 5.13 Å². The van der Waals surface area contributed by atoms with E-state index in [1.807, 2.05) is 47.3 Å². The van der Waals surface area contributed by atoms with Gasteiger partial charge in [0.2, 0.25) is 5.91 Å². The fraction of sp³-hybridized carbons (Fsp3) is 0.278. The van der Waals surface area contributed by atoms with Crippen molar-refractivity contribution in [2.45, 2.75) is 18.9 Å². The van der Waals surface area contributed by atoms with Crippen molar-refractivity contribution in [1.82, 2.24) is 14.5 Å². The van der Waals surface area contributed by atoms with E-state index in [9.17, 15) is 9.59 Å². The smallest absolute Gasteiger partial charge is 0.271 e. The summed E-state index contributed by atoms with van der Waals surface area (Å²) in [6, 6.07) is 9.33. The Bertz CT molecular complexity index is 932. The van der Waals surface area contributed by atoms with Gasteiger partial charge in [0, 0.05) is 36.1 Å². The predicted molar refractivity (Wildman–Crippen MR) is 97.7 cm³/mol. The molecule has 0 aliphatic carbocycles. The molecule has 1 atom stereocenters. The number of thiazole rings is 1. The molecule has 2 aromatic heterocycles. The maximum atomic E-state index is 13.1. The van der Waals surface area contributed by atoms with Crippen LogP contribution in [0.25, 0.3) is 10.9 Å². The molecule has 1 aliphatic rings. The number of para-hydroxylation sites is 1. The first-order valence-corrected chi connectivity index (χ1v) is 9.09. The first kappa shape index (κ1) is 15.8. The van der Waals surface area contributed by atoms with Gasteiger partial charge in [-0.2, -0.15) is 0 Å². The second kappa shape index (κ2) is 6.33. The van der Waals surface area contributed by atoms with Crippen LogP contribution in [-0.2, 0) is 11.8 Å². The molecule has 7 heteroatoms. The molecule has 6 nitrogen and oxygen atoms in total. The molecule has 1 aliphatic heterocycles. The van der Waals surface area contributed by atoms with Gasteiger partial charge >= 0.3 is 0 Å². The first-order chi connectivity index (χ1) is 12.1. The van der Waals surface area contributed by atoms with E-state index in [1.165, 1.54) is 11.3 Å². The lowest BCUT2D eigenvalue weighted by Crippen LogP contribution is -2.43. The van der Waals surface area contributed by atoms with Crippen LogP contribution in [-0.4, -0.2) is 38.9 Å². The zero-order valence-electron chi connectivity index (χ0n) is 13.8. The SMILES string of the molecule is Cn1c(C(=O)N2CCC[C@@H]2C(=O)Nc2nccs2)cc2ccccc21. The van der Waals surface area contributed by atoms with Crippen LogP contribution >= 0.6 is 11.3 Å². The molecule has 3 heterocycles. The number of anilines is 1. The second-order valence-electron chi connectivity index (χ2n) is 6.13. The zero-order chi connectivity index (χ0) is 17.4. The lowest BCUT2D eigenvalue weighted by molar-refractivity contribution is -0.119. The van der Waals surface area contributed by atoms with Crippen LogP contribution < -0.4 is 5.32 Å². The van der Waals surface area contributed by atoms with Crippen LogP contribution in [0.3, 0.4) is 0 Å². The van der Waals surface area contributed by atoms with Gasteiger partial charge in [-0.3, -0.25) is 9.59 Å². The molecular weight excluding hydrogens is 336 g/mol. The number of aryl methyl sites for hydroxylation is 1. The predicted octanol–water partition coefficient (Wildman–Crippen LogP) is 2.88. The van der Waals surface area contributed by atoms with Gasteiger partial charge in [0.25, 0.3) is 5.91 Å². The molecule has 3 aromatic rings. The topological polar surface area (TPSA) is 67.2 Å². The van der Waals surface area contributed by atoms with Gasteiger partial charge in [0.1, 0.15) is 11.7 Å². The summed E-state index contributed by atoms with van der Waals surface area (Å²) < 4.78 is 1.89. The Labute approximate surface area is 149 Å². The third-order valence-electron chi connectivity index (χ3n) is 4.65. The highest BCUT2D eigenvalue weighted by Gasteiger charge is 2.35. The average Bonchev–Trinajstić information content (AvgIpc) is 3.34. The summed E-state index contributed by atoms with van der Waals surface area (Å²) in [5.74, 6) is -0.268. The van der Waals surface area contributed by atoms with E-state index in [0.29, 0.717) is 23.8 Å². The molecule has 0 spiro atoms. The number of nitrogens with zero attached hydrogens (tertiary/aromatic N) is 3. The lowest BCUT2D eigenvalue weighted by atomic mass is 10.2. The molecule has 4 rings (SSSR count). The third-order valence-corrected chi connectivity index (χ3v) is 5.34. The molecule has 1 aromatic carbocycles.